The SMILES string of the molecule is Cl.Cl.[CH2]=[Zr]([CH3])([C]1=C(C)C(C(C)C)=CC1C)([C]1=C(C)c2cc3c(cc2C1(C)C)Cc1cc2c(cc1-3)C(C)=CC2(C)C)[c]1ccccc1. The number of hydrogen-bond donors (Lipinski definition) is 0. The number of allylic oxidation sites excluding steroid dienone is 8. The second-order valence-electron chi connectivity index (χ2n) is 16.4. The van der Waals surface area contributed by atoms with Crippen LogP contribution in [-0.2, 0) is 35.5 Å². The van der Waals surface area contributed by atoms with E-state index in [1.54, 1.807) is 6.56 Å². The summed E-state index contributed by atoms with van der Waals surface area (Å²) in [5.74, 6) is 0.919. The van der Waals surface area contributed by atoms with Crippen molar-refractivity contribution in [1.82, 2.24) is 0 Å². The number of halogens is 2. The number of fused-ring (bicyclic) bond motifs is 5. The summed E-state index contributed by atoms with van der Waals surface area (Å²) in [6.45, 7) is 24.0. The van der Waals surface area contributed by atoms with Gasteiger partial charge in [0.15, 0.2) is 0 Å². The standard InChI is InChI=1S/C25H25.C10H15.C6H5.CH3.CH2.2ClH.Zr/c1-14-12-24(3,4)22-8-16-7-17-9-23-19(15(2)13-25(23,5)6)11-21(17)20(16)10-18(14)22;1-7(2)10-6-8(3)5-9(10)4;1-2-4-6-5-3-1;;;;;/h8-12H,7H2,1-6H3;6-8H,1-4H3;1-5H;1H3;1H2;2*1H;. The summed E-state index contributed by atoms with van der Waals surface area (Å²) in [5.41, 5.74) is 17.7. The zero-order chi connectivity index (χ0) is 31.7. The van der Waals surface area contributed by atoms with Crippen LogP contribution in [0.4, 0.5) is 0 Å². The summed E-state index contributed by atoms with van der Waals surface area (Å²) >= 11 is -4.36. The number of rotatable bonds is 4. The molecule has 4 aliphatic carbocycles. The van der Waals surface area contributed by atoms with Gasteiger partial charge in [0.2, 0.25) is 0 Å². The first-order valence-electron chi connectivity index (χ1n) is 16.8. The van der Waals surface area contributed by atoms with E-state index in [2.05, 4.69) is 141 Å². The Balaban J connectivity index is 0.00000208. The molecule has 46 heavy (non-hydrogen) atoms. The molecule has 0 N–H and O–H groups in total. The fourth-order valence-corrected chi connectivity index (χ4v) is 29.0. The van der Waals surface area contributed by atoms with Gasteiger partial charge >= 0.3 is 269 Å². The molecule has 0 saturated carbocycles. The molecule has 1 unspecified atom stereocenters. The summed E-state index contributed by atoms with van der Waals surface area (Å²) in [4.78, 5) is 0. The predicted octanol–water partition coefficient (Wildman–Crippen LogP) is 11.8. The summed E-state index contributed by atoms with van der Waals surface area (Å²) in [6.07, 6.45) is 6.04. The van der Waals surface area contributed by atoms with Crippen molar-refractivity contribution in [3.8, 4) is 11.1 Å². The molecule has 0 fully saturated rings. The van der Waals surface area contributed by atoms with Gasteiger partial charge < -0.3 is 0 Å². The van der Waals surface area contributed by atoms with Crippen LogP contribution in [-0.4, -0.2) is 4.21 Å². The minimum absolute atomic E-state index is 0. The van der Waals surface area contributed by atoms with Crippen molar-refractivity contribution in [2.24, 2.45) is 11.8 Å². The second kappa shape index (κ2) is 11.0. The molecule has 242 valence electrons. The van der Waals surface area contributed by atoms with Crippen LogP contribution in [0.5, 0.6) is 0 Å². The Morgan fingerprint density at radius 1 is 0.783 bits per heavy atom. The van der Waals surface area contributed by atoms with Crippen LogP contribution >= 0.6 is 24.8 Å². The summed E-state index contributed by atoms with van der Waals surface area (Å²) in [5, 5.41) is 0. The summed E-state index contributed by atoms with van der Waals surface area (Å²) in [7, 11) is 0. The Bertz CT molecular complexity index is 2010. The fourth-order valence-electron chi connectivity index (χ4n) is 10.8. The third kappa shape index (κ3) is 4.51. The molecule has 0 saturated heterocycles. The average Bonchev–Trinajstić information content (AvgIpc) is 3.59. The first-order valence-corrected chi connectivity index (χ1v) is 24.7. The molecule has 0 amide bonds. The molecule has 0 aromatic heterocycles. The van der Waals surface area contributed by atoms with E-state index < -0.39 is 18.3 Å². The summed E-state index contributed by atoms with van der Waals surface area (Å²) < 4.78 is 13.0. The zero-order valence-electron chi connectivity index (χ0n) is 29.7. The maximum absolute atomic E-state index is 5.59. The van der Waals surface area contributed by atoms with E-state index in [1.807, 2.05) is 0 Å². The molecule has 0 spiro atoms. The van der Waals surface area contributed by atoms with Gasteiger partial charge in [0.1, 0.15) is 0 Å². The third-order valence-electron chi connectivity index (χ3n) is 12.2. The number of benzene rings is 3. The zero-order valence-corrected chi connectivity index (χ0v) is 33.8. The van der Waals surface area contributed by atoms with Gasteiger partial charge in [-0.1, -0.05) is 0 Å². The molecular weight excluding hydrogens is 679 g/mol. The van der Waals surface area contributed by atoms with Gasteiger partial charge in [-0.05, 0) is 0 Å². The summed E-state index contributed by atoms with van der Waals surface area (Å²) in [6, 6.07) is 21.7. The topological polar surface area (TPSA) is 0 Å². The first kappa shape index (κ1) is 35.3. The average molecular weight is 731 g/mol. The van der Waals surface area contributed by atoms with E-state index in [-0.39, 0.29) is 35.6 Å². The molecule has 4 aliphatic rings. The molecule has 7 rings (SSSR count). The van der Waals surface area contributed by atoms with Gasteiger partial charge in [-0.25, -0.2) is 0 Å². The molecule has 1 atom stereocenters. The number of hydrogen-bond acceptors (Lipinski definition) is 0. The molecule has 0 nitrogen and oxygen atoms in total. The van der Waals surface area contributed by atoms with Crippen LogP contribution < -0.4 is 3.27 Å². The van der Waals surface area contributed by atoms with Gasteiger partial charge in [-0.15, -0.1) is 24.8 Å². The second-order valence-corrected chi connectivity index (χ2v) is 30.3. The predicted molar refractivity (Wildman–Crippen MR) is 205 cm³/mol. The molecule has 3 heteroatoms. The van der Waals surface area contributed by atoms with Gasteiger partial charge in [0.25, 0.3) is 0 Å². The van der Waals surface area contributed by atoms with E-state index >= 15 is 0 Å². The quantitative estimate of drug-likeness (QED) is 0.196. The minimum atomic E-state index is -4.36. The van der Waals surface area contributed by atoms with Crippen molar-refractivity contribution in [3.63, 3.8) is 0 Å². The van der Waals surface area contributed by atoms with Crippen molar-refractivity contribution < 1.29 is 18.3 Å². The maximum atomic E-state index is 5.59. The Labute approximate surface area is 291 Å². The van der Waals surface area contributed by atoms with Crippen LogP contribution in [0.3, 0.4) is 0 Å². The van der Waals surface area contributed by atoms with Gasteiger partial charge in [0, 0.05) is 0 Å². The molecule has 0 bridgehead atoms. The van der Waals surface area contributed by atoms with Crippen LogP contribution in [0.25, 0.3) is 22.3 Å². The van der Waals surface area contributed by atoms with E-state index in [1.165, 1.54) is 70.1 Å². The molecule has 0 heterocycles. The van der Waals surface area contributed by atoms with Gasteiger partial charge in [0.05, 0.1) is 0 Å². The van der Waals surface area contributed by atoms with E-state index in [0.29, 0.717) is 11.8 Å². The third-order valence-corrected chi connectivity index (χ3v) is 28.3. The monoisotopic (exact) mass is 728 g/mol. The molecule has 3 aromatic carbocycles. The molecular formula is C43H52Cl2Zr. The first-order chi connectivity index (χ1) is 20.5. The molecule has 0 radical (unpaired) electrons. The van der Waals surface area contributed by atoms with Gasteiger partial charge in [-0.3, -0.25) is 0 Å². The normalized spacial score (nSPS) is 20.5. The van der Waals surface area contributed by atoms with Crippen molar-refractivity contribution in [2.75, 3.05) is 0 Å². The van der Waals surface area contributed by atoms with Crippen molar-refractivity contribution in [1.29, 1.82) is 0 Å². The van der Waals surface area contributed by atoms with Crippen molar-refractivity contribution in [3.05, 3.63) is 118 Å². The van der Waals surface area contributed by atoms with Crippen LogP contribution in [0.2, 0.25) is 4.63 Å². The van der Waals surface area contributed by atoms with Crippen LogP contribution in [0.1, 0.15) is 103 Å². The van der Waals surface area contributed by atoms with Crippen molar-refractivity contribution >= 4 is 43.4 Å². The van der Waals surface area contributed by atoms with Crippen LogP contribution in [0.15, 0.2) is 84.5 Å². The molecule has 0 aliphatic heterocycles. The van der Waals surface area contributed by atoms with E-state index in [4.69, 9.17) is 4.21 Å². The Kier molecular flexibility index (Phi) is 8.42. The van der Waals surface area contributed by atoms with E-state index in [0.717, 1.165) is 6.42 Å². The van der Waals surface area contributed by atoms with Gasteiger partial charge in [-0.2, -0.15) is 0 Å². The Morgan fingerprint density at radius 3 is 1.91 bits per heavy atom. The Hall–Kier alpha value is -2.05. The van der Waals surface area contributed by atoms with Crippen LogP contribution in [0, 0.1) is 11.8 Å². The van der Waals surface area contributed by atoms with E-state index in [9.17, 15) is 0 Å². The molecule has 3 aromatic rings. The Morgan fingerprint density at radius 2 is 1.35 bits per heavy atom. The fraction of sp³-hybridized carbons (Fsp3) is 0.372. The van der Waals surface area contributed by atoms with Crippen molar-refractivity contribution in [2.45, 2.75) is 91.1 Å².